The van der Waals surface area contributed by atoms with Crippen LogP contribution in [0.4, 0.5) is 8.78 Å². The second kappa shape index (κ2) is 5.80. The molecule has 0 aliphatic rings. The summed E-state index contributed by atoms with van der Waals surface area (Å²) < 4.78 is 28.7. The summed E-state index contributed by atoms with van der Waals surface area (Å²) in [5, 5.41) is 2.96. The first-order chi connectivity index (χ1) is 9.02. The Morgan fingerprint density at radius 1 is 1.00 bits per heavy atom. The minimum atomic E-state index is -0.516. The van der Waals surface area contributed by atoms with Crippen LogP contribution in [0.1, 0.15) is 22.7 Å². The molecule has 2 rings (SSSR count). The number of nitrogens with one attached hydrogen (secondary N) is 1. The maximum absolute atomic E-state index is 14.0. The number of halogens is 3. The number of hydrogen-bond donors (Lipinski definition) is 1. The van der Waals surface area contributed by atoms with E-state index in [2.05, 4.69) is 21.2 Å². The van der Waals surface area contributed by atoms with Crippen molar-refractivity contribution in [3.63, 3.8) is 0 Å². The summed E-state index contributed by atoms with van der Waals surface area (Å²) in [5.41, 5.74) is 1.69. The molecule has 0 aromatic heterocycles. The third kappa shape index (κ3) is 3.01. The molecule has 0 radical (unpaired) electrons. The van der Waals surface area contributed by atoms with Gasteiger partial charge in [0, 0.05) is 15.6 Å². The van der Waals surface area contributed by atoms with Gasteiger partial charge < -0.3 is 5.32 Å². The van der Waals surface area contributed by atoms with Crippen molar-refractivity contribution in [1.82, 2.24) is 5.32 Å². The maximum Gasteiger partial charge on any atom is 0.128 e. The van der Waals surface area contributed by atoms with Gasteiger partial charge in [0.1, 0.15) is 11.6 Å². The number of rotatable bonds is 3. The van der Waals surface area contributed by atoms with E-state index in [0.717, 1.165) is 10.0 Å². The first-order valence-corrected chi connectivity index (χ1v) is 6.70. The molecule has 2 aromatic rings. The van der Waals surface area contributed by atoms with E-state index in [-0.39, 0.29) is 11.6 Å². The second-order valence-corrected chi connectivity index (χ2v) is 5.33. The Labute approximate surface area is 119 Å². The molecule has 19 heavy (non-hydrogen) atoms. The minimum absolute atomic E-state index is 0.335. The zero-order valence-corrected chi connectivity index (χ0v) is 12.3. The fourth-order valence-corrected chi connectivity index (χ4v) is 2.46. The van der Waals surface area contributed by atoms with Gasteiger partial charge in [-0.25, -0.2) is 8.78 Å². The van der Waals surface area contributed by atoms with Crippen LogP contribution in [-0.2, 0) is 0 Å². The largest absolute Gasteiger partial charge is 0.309 e. The van der Waals surface area contributed by atoms with E-state index in [4.69, 9.17) is 0 Å². The maximum atomic E-state index is 14.0. The molecule has 1 nitrogen and oxygen atoms in total. The Balaban J connectivity index is 2.52. The van der Waals surface area contributed by atoms with Gasteiger partial charge in [0.15, 0.2) is 0 Å². The third-order valence-electron chi connectivity index (χ3n) is 3.02. The Morgan fingerprint density at radius 2 is 1.74 bits per heavy atom. The zero-order valence-electron chi connectivity index (χ0n) is 10.7. The Morgan fingerprint density at radius 3 is 2.37 bits per heavy atom. The Kier molecular flexibility index (Phi) is 4.32. The minimum Gasteiger partial charge on any atom is -0.309 e. The van der Waals surface area contributed by atoms with Crippen molar-refractivity contribution in [2.24, 2.45) is 0 Å². The molecule has 1 unspecified atom stereocenters. The van der Waals surface area contributed by atoms with E-state index < -0.39 is 6.04 Å². The van der Waals surface area contributed by atoms with Crippen molar-refractivity contribution in [1.29, 1.82) is 0 Å². The average Bonchev–Trinajstić information content (AvgIpc) is 2.36. The highest BCUT2D eigenvalue weighted by Crippen LogP contribution is 2.28. The van der Waals surface area contributed by atoms with E-state index in [1.54, 1.807) is 25.2 Å². The van der Waals surface area contributed by atoms with Crippen molar-refractivity contribution in [2.45, 2.75) is 13.0 Å². The van der Waals surface area contributed by atoms with E-state index >= 15 is 0 Å². The highest BCUT2D eigenvalue weighted by atomic mass is 79.9. The predicted molar refractivity (Wildman–Crippen MR) is 76.1 cm³/mol. The zero-order chi connectivity index (χ0) is 14.0. The van der Waals surface area contributed by atoms with Crippen LogP contribution < -0.4 is 5.32 Å². The van der Waals surface area contributed by atoms with E-state index in [0.29, 0.717) is 11.1 Å². The van der Waals surface area contributed by atoms with Crippen molar-refractivity contribution in [2.75, 3.05) is 7.05 Å². The van der Waals surface area contributed by atoms with Crippen molar-refractivity contribution in [3.05, 3.63) is 69.2 Å². The van der Waals surface area contributed by atoms with Crippen LogP contribution in [0.3, 0.4) is 0 Å². The van der Waals surface area contributed by atoms with Gasteiger partial charge >= 0.3 is 0 Å². The first kappa shape index (κ1) is 14.2. The quantitative estimate of drug-likeness (QED) is 0.884. The van der Waals surface area contributed by atoms with Gasteiger partial charge in [-0.3, -0.25) is 0 Å². The van der Waals surface area contributed by atoms with Gasteiger partial charge in [0.05, 0.1) is 6.04 Å². The summed E-state index contributed by atoms with van der Waals surface area (Å²) >= 11 is 3.31. The Hall–Kier alpha value is -1.26. The molecule has 0 saturated carbocycles. The average molecular weight is 326 g/mol. The van der Waals surface area contributed by atoms with Gasteiger partial charge in [-0.15, -0.1) is 0 Å². The molecule has 0 amide bonds. The molecule has 0 aliphatic heterocycles. The second-order valence-electron chi connectivity index (χ2n) is 4.41. The first-order valence-electron chi connectivity index (χ1n) is 5.91. The number of benzene rings is 2. The smallest absolute Gasteiger partial charge is 0.128 e. The molecule has 100 valence electrons. The lowest BCUT2D eigenvalue weighted by molar-refractivity contribution is 0.546. The van der Waals surface area contributed by atoms with Crippen LogP contribution in [0.2, 0.25) is 0 Å². The molecule has 0 bridgehead atoms. The molecule has 0 spiro atoms. The summed E-state index contributed by atoms with van der Waals surface area (Å²) in [6, 6.07) is 9.10. The highest BCUT2D eigenvalue weighted by Gasteiger charge is 2.19. The third-order valence-corrected chi connectivity index (χ3v) is 3.52. The summed E-state index contributed by atoms with van der Waals surface area (Å²) in [4.78, 5) is 0. The molecular formula is C15H14BrF2N. The molecule has 0 heterocycles. The van der Waals surface area contributed by atoms with Crippen molar-refractivity contribution in [3.8, 4) is 0 Å². The lowest BCUT2D eigenvalue weighted by atomic mass is 9.97. The molecule has 4 heteroatoms. The topological polar surface area (TPSA) is 12.0 Å². The molecular weight excluding hydrogens is 312 g/mol. The standard InChI is InChI=1S/C15H14BrF2N/c1-9-3-5-11(14(18)7-9)15(19-2)12-8-10(16)4-6-13(12)17/h3-8,15,19H,1-2H3. The van der Waals surface area contributed by atoms with Crippen molar-refractivity contribution >= 4 is 15.9 Å². The van der Waals surface area contributed by atoms with Gasteiger partial charge in [-0.05, 0) is 43.8 Å². The SMILES string of the molecule is CNC(c1ccc(C)cc1F)c1cc(Br)ccc1F. The molecule has 0 fully saturated rings. The van der Waals surface area contributed by atoms with Crippen LogP contribution in [0.25, 0.3) is 0 Å². The summed E-state index contributed by atoms with van der Waals surface area (Å²) in [7, 11) is 1.68. The number of hydrogen-bond acceptors (Lipinski definition) is 1. The molecule has 2 aromatic carbocycles. The van der Waals surface area contributed by atoms with E-state index in [1.807, 2.05) is 13.0 Å². The molecule has 1 atom stereocenters. The summed E-state index contributed by atoms with van der Waals surface area (Å²) in [6.45, 7) is 1.82. The lowest BCUT2D eigenvalue weighted by Crippen LogP contribution is -2.20. The number of aryl methyl sites for hydroxylation is 1. The summed E-state index contributed by atoms with van der Waals surface area (Å²) in [6.07, 6.45) is 0. The van der Waals surface area contributed by atoms with E-state index in [9.17, 15) is 8.78 Å². The summed E-state index contributed by atoms with van der Waals surface area (Å²) in [5.74, 6) is -0.693. The van der Waals surface area contributed by atoms with Gasteiger partial charge in [0.25, 0.3) is 0 Å². The molecule has 0 aliphatic carbocycles. The fraction of sp³-hybridized carbons (Fsp3) is 0.200. The Bertz CT molecular complexity index is 599. The lowest BCUT2D eigenvalue weighted by Gasteiger charge is -2.19. The molecule has 0 saturated heterocycles. The van der Waals surface area contributed by atoms with Crippen LogP contribution in [0.5, 0.6) is 0 Å². The van der Waals surface area contributed by atoms with Gasteiger partial charge in [-0.2, -0.15) is 0 Å². The monoisotopic (exact) mass is 325 g/mol. The van der Waals surface area contributed by atoms with Crippen LogP contribution in [0, 0.1) is 18.6 Å². The van der Waals surface area contributed by atoms with Crippen LogP contribution >= 0.6 is 15.9 Å². The van der Waals surface area contributed by atoms with Gasteiger partial charge in [0.2, 0.25) is 0 Å². The van der Waals surface area contributed by atoms with E-state index in [1.165, 1.54) is 12.1 Å². The molecule has 1 N–H and O–H groups in total. The fourth-order valence-electron chi connectivity index (χ4n) is 2.08. The van der Waals surface area contributed by atoms with Crippen LogP contribution in [0.15, 0.2) is 40.9 Å². The van der Waals surface area contributed by atoms with Crippen molar-refractivity contribution < 1.29 is 8.78 Å². The van der Waals surface area contributed by atoms with Crippen LogP contribution in [-0.4, -0.2) is 7.05 Å². The predicted octanol–water partition coefficient (Wildman–Crippen LogP) is 4.34. The normalized spacial score (nSPS) is 12.5. The highest BCUT2D eigenvalue weighted by molar-refractivity contribution is 9.10. The van der Waals surface area contributed by atoms with Gasteiger partial charge in [-0.1, -0.05) is 28.1 Å².